The first kappa shape index (κ1) is 13.0. The van der Waals surface area contributed by atoms with Crippen LogP contribution in [0.2, 0.25) is 0 Å². The van der Waals surface area contributed by atoms with E-state index in [4.69, 9.17) is 0 Å². The number of aromatic hydroxyl groups is 1. The van der Waals surface area contributed by atoms with Gasteiger partial charge in [0, 0.05) is 12.1 Å². The Kier molecular flexibility index (Phi) is 3.53. The van der Waals surface area contributed by atoms with Gasteiger partial charge in [-0.15, -0.1) is 0 Å². The Labute approximate surface area is 116 Å². The van der Waals surface area contributed by atoms with Crippen molar-refractivity contribution < 1.29 is 5.11 Å². The van der Waals surface area contributed by atoms with Gasteiger partial charge >= 0.3 is 0 Å². The second-order valence-corrected chi connectivity index (χ2v) is 6.51. The van der Waals surface area contributed by atoms with Crippen molar-refractivity contribution in [3.8, 4) is 5.75 Å². The Balaban J connectivity index is 1.78. The van der Waals surface area contributed by atoms with Crippen LogP contribution in [0, 0.1) is 11.8 Å². The first-order valence-electron chi connectivity index (χ1n) is 7.73. The SMILES string of the molecule is CC1CCC(NC2CCCc3ccc(O)cc32)C1C. The monoisotopic (exact) mass is 259 g/mol. The predicted molar refractivity (Wildman–Crippen MR) is 78.3 cm³/mol. The average Bonchev–Trinajstić information content (AvgIpc) is 2.71. The molecule has 2 N–H and O–H groups in total. The van der Waals surface area contributed by atoms with Crippen LogP contribution in [0.25, 0.3) is 0 Å². The number of hydrogen-bond donors (Lipinski definition) is 2. The van der Waals surface area contributed by atoms with Gasteiger partial charge in [-0.25, -0.2) is 0 Å². The van der Waals surface area contributed by atoms with Gasteiger partial charge in [0.2, 0.25) is 0 Å². The standard InChI is InChI=1S/C17H25NO/c1-11-6-9-16(12(11)2)18-17-5-3-4-13-7-8-14(19)10-15(13)17/h7-8,10-12,16-19H,3-6,9H2,1-2H3. The molecule has 0 heterocycles. The second-order valence-electron chi connectivity index (χ2n) is 6.51. The minimum Gasteiger partial charge on any atom is -0.508 e. The van der Waals surface area contributed by atoms with Crippen molar-refractivity contribution in [2.75, 3.05) is 0 Å². The predicted octanol–water partition coefficient (Wildman–Crippen LogP) is 3.79. The van der Waals surface area contributed by atoms with Crippen molar-refractivity contribution in [2.45, 2.75) is 58.0 Å². The van der Waals surface area contributed by atoms with Gasteiger partial charge in [0.05, 0.1) is 0 Å². The van der Waals surface area contributed by atoms with Crippen LogP contribution < -0.4 is 5.32 Å². The van der Waals surface area contributed by atoms with Crippen LogP contribution >= 0.6 is 0 Å². The van der Waals surface area contributed by atoms with E-state index >= 15 is 0 Å². The maximum atomic E-state index is 9.73. The van der Waals surface area contributed by atoms with Gasteiger partial charge in [-0.05, 0) is 67.2 Å². The number of phenols is 1. The number of fused-ring (bicyclic) bond motifs is 1. The molecule has 0 amide bonds. The summed E-state index contributed by atoms with van der Waals surface area (Å²) in [6, 6.07) is 6.97. The fourth-order valence-corrected chi connectivity index (χ4v) is 3.82. The zero-order valence-electron chi connectivity index (χ0n) is 12.0. The highest BCUT2D eigenvalue weighted by Gasteiger charge is 2.32. The van der Waals surface area contributed by atoms with Crippen LogP contribution in [-0.4, -0.2) is 11.1 Å². The van der Waals surface area contributed by atoms with Gasteiger partial charge < -0.3 is 10.4 Å². The summed E-state index contributed by atoms with van der Waals surface area (Å²) in [6.07, 6.45) is 6.26. The van der Waals surface area contributed by atoms with Crippen molar-refractivity contribution in [3.63, 3.8) is 0 Å². The molecule has 2 nitrogen and oxygen atoms in total. The lowest BCUT2D eigenvalue weighted by atomic mass is 9.86. The molecule has 2 heteroatoms. The summed E-state index contributed by atoms with van der Waals surface area (Å²) in [4.78, 5) is 0. The minimum absolute atomic E-state index is 0.403. The number of benzene rings is 1. The van der Waals surface area contributed by atoms with E-state index in [1.165, 1.54) is 36.8 Å². The van der Waals surface area contributed by atoms with Crippen molar-refractivity contribution in [3.05, 3.63) is 29.3 Å². The molecule has 104 valence electrons. The smallest absolute Gasteiger partial charge is 0.115 e. The van der Waals surface area contributed by atoms with Crippen molar-refractivity contribution >= 4 is 0 Å². The summed E-state index contributed by atoms with van der Waals surface area (Å²) >= 11 is 0. The molecule has 0 spiro atoms. The average molecular weight is 259 g/mol. The van der Waals surface area contributed by atoms with Gasteiger partial charge in [-0.3, -0.25) is 0 Å². The Morgan fingerprint density at radius 2 is 2.00 bits per heavy atom. The van der Waals surface area contributed by atoms with Gasteiger partial charge in [-0.1, -0.05) is 19.9 Å². The van der Waals surface area contributed by atoms with E-state index in [1.807, 2.05) is 12.1 Å². The van der Waals surface area contributed by atoms with E-state index < -0.39 is 0 Å². The Hall–Kier alpha value is -1.02. The maximum Gasteiger partial charge on any atom is 0.115 e. The van der Waals surface area contributed by atoms with E-state index in [-0.39, 0.29) is 0 Å². The van der Waals surface area contributed by atoms with Gasteiger partial charge in [-0.2, -0.15) is 0 Å². The zero-order chi connectivity index (χ0) is 13.4. The van der Waals surface area contributed by atoms with Crippen LogP contribution in [0.5, 0.6) is 5.75 Å². The molecule has 2 aliphatic rings. The topological polar surface area (TPSA) is 32.3 Å². The van der Waals surface area contributed by atoms with Crippen LogP contribution in [0.15, 0.2) is 18.2 Å². The van der Waals surface area contributed by atoms with Gasteiger partial charge in [0.15, 0.2) is 0 Å². The van der Waals surface area contributed by atoms with E-state index in [1.54, 1.807) is 0 Å². The third-order valence-electron chi connectivity index (χ3n) is 5.32. The summed E-state index contributed by atoms with van der Waals surface area (Å²) in [5.41, 5.74) is 2.75. The molecule has 4 unspecified atom stereocenters. The fraction of sp³-hybridized carbons (Fsp3) is 0.647. The number of hydrogen-bond acceptors (Lipinski definition) is 2. The molecule has 0 radical (unpaired) electrons. The summed E-state index contributed by atoms with van der Waals surface area (Å²) < 4.78 is 0. The Bertz CT molecular complexity index is 457. The minimum atomic E-state index is 0.403. The zero-order valence-corrected chi connectivity index (χ0v) is 12.0. The van der Waals surface area contributed by atoms with Crippen LogP contribution in [-0.2, 0) is 6.42 Å². The summed E-state index contributed by atoms with van der Waals surface area (Å²) in [7, 11) is 0. The molecule has 1 aromatic rings. The third kappa shape index (κ3) is 2.51. The molecule has 1 saturated carbocycles. The first-order valence-corrected chi connectivity index (χ1v) is 7.73. The number of rotatable bonds is 2. The molecular formula is C17H25NO. The summed E-state index contributed by atoms with van der Waals surface area (Å²) in [5.74, 6) is 2.01. The van der Waals surface area contributed by atoms with Crippen LogP contribution in [0.1, 0.15) is 56.7 Å². The largest absolute Gasteiger partial charge is 0.508 e. The lowest BCUT2D eigenvalue weighted by molar-refractivity contribution is 0.321. The highest BCUT2D eigenvalue weighted by atomic mass is 16.3. The summed E-state index contributed by atoms with van der Waals surface area (Å²) in [5, 5.41) is 13.6. The van der Waals surface area contributed by atoms with Crippen LogP contribution in [0.3, 0.4) is 0 Å². The molecule has 4 atom stereocenters. The summed E-state index contributed by atoms with van der Waals surface area (Å²) in [6.45, 7) is 4.74. The highest BCUT2D eigenvalue weighted by molar-refractivity contribution is 5.38. The highest BCUT2D eigenvalue weighted by Crippen LogP contribution is 2.36. The molecule has 2 aliphatic carbocycles. The molecule has 0 aliphatic heterocycles. The van der Waals surface area contributed by atoms with Crippen molar-refractivity contribution in [1.29, 1.82) is 0 Å². The molecular weight excluding hydrogens is 234 g/mol. The Morgan fingerprint density at radius 1 is 1.16 bits per heavy atom. The number of phenolic OH excluding ortho intramolecular Hbond substituents is 1. The molecule has 0 saturated heterocycles. The van der Waals surface area contributed by atoms with Gasteiger partial charge in [0.1, 0.15) is 5.75 Å². The molecule has 1 aromatic carbocycles. The second kappa shape index (κ2) is 5.16. The third-order valence-corrected chi connectivity index (χ3v) is 5.32. The molecule has 3 rings (SSSR count). The van der Waals surface area contributed by atoms with Crippen molar-refractivity contribution in [2.24, 2.45) is 11.8 Å². The maximum absolute atomic E-state index is 9.73. The number of nitrogens with one attached hydrogen (secondary N) is 1. The molecule has 0 bridgehead atoms. The van der Waals surface area contributed by atoms with E-state index in [0.717, 1.165) is 18.3 Å². The normalized spacial score (nSPS) is 34.2. The van der Waals surface area contributed by atoms with E-state index in [9.17, 15) is 5.11 Å². The van der Waals surface area contributed by atoms with E-state index in [2.05, 4.69) is 25.2 Å². The van der Waals surface area contributed by atoms with Crippen LogP contribution in [0.4, 0.5) is 0 Å². The lowest BCUT2D eigenvalue weighted by Gasteiger charge is -2.31. The first-order chi connectivity index (χ1) is 9.15. The van der Waals surface area contributed by atoms with E-state index in [0.29, 0.717) is 17.8 Å². The molecule has 1 fully saturated rings. The lowest BCUT2D eigenvalue weighted by Crippen LogP contribution is -2.37. The van der Waals surface area contributed by atoms with Crippen molar-refractivity contribution in [1.82, 2.24) is 5.32 Å². The molecule has 0 aromatic heterocycles. The Morgan fingerprint density at radius 3 is 2.74 bits per heavy atom. The molecule has 19 heavy (non-hydrogen) atoms. The van der Waals surface area contributed by atoms with Gasteiger partial charge in [0.25, 0.3) is 0 Å². The number of aryl methyl sites for hydroxylation is 1. The fourth-order valence-electron chi connectivity index (χ4n) is 3.82. The quantitative estimate of drug-likeness (QED) is 0.847.